The second-order valence-electron chi connectivity index (χ2n) is 7.80. The summed E-state index contributed by atoms with van der Waals surface area (Å²) in [5.41, 5.74) is 0. The summed E-state index contributed by atoms with van der Waals surface area (Å²) in [6.45, 7) is 0.862. The standard InChI is InChI=1S/C17H21N5O4/c23-8-12-19-18-11-6-20(3-4-21(11)12)13(24)7-22-16(25)14-9-1-2-10(5-9)15(14)17(22)26/h9-10,14-15,23H,1-8H2/t9-,10-,14-,15+/m0/s1. The minimum Gasteiger partial charge on any atom is -0.388 e. The number of carbonyl (C=O) groups excluding carboxylic acids is 3. The number of rotatable bonds is 3. The second kappa shape index (κ2) is 5.60. The molecule has 1 aromatic heterocycles. The SMILES string of the molecule is O=C(CN1C(=O)[C@@H]2[C@H]3CC[C@@H](C3)[C@@H]2C1=O)N1CCn2c(CO)nnc2C1. The van der Waals surface area contributed by atoms with Crippen molar-refractivity contribution in [2.24, 2.45) is 23.7 Å². The van der Waals surface area contributed by atoms with Crippen LogP contribution in [0.25, 0.3) is 0 Å². The summed E-state index contributed by atoms with van der Waals surface area (Å²) in [7, 11) is 0. The molecule has 9 nitrogen and oxygen atoms in total. The first kappa shape index (κ1) is 15.9. The molecule has 2 aliphatic heterocycles. The summed E-state index contributed by atoms with van der Waals surface area (Å²) < 4.78 is 1.80. The van der Waals surface area contributed by atoms with Crippen LogP contribution < -0.4 is 0 Å². The minimum atomic E-state index is -0.237. The smallest absolute Gasteiger partial charge is 0.243 e. The van der Waals surface area contributed by atoms with Gasteiger partial charge in [-0.15, -0.1) is 10.2 Å². The van der Waals surface area contributed by atoms with Crippen LogP contribution in [-0.4, -0.2) is 60.5 Å². The fourth-order valence-corrected chi connectivity index (χ4v) is 5.41. The van der Waals surface area contributed by atoms with E-state index in [1.54, 1.807) is 9.47 Å². The Kier molecular flexibility index (Phi) is 3.43. The zero-order chi connectivity index (χ0) is 18.0. The Hall–Kier alpha value is -2.29. The van der Waals surface area contributed by atoms with E-state index in [0.29, 0.717) is 36.6 Å². The number of likely N-dealkylation sites (tertiary alicyclic amines) is 1. The van der Waals surface area contributed by atoms with Gasteiger partial charge >= 0.3 is 0 Å². The number of carbonyl (C=O) groups is 3. The quantitative estimate of drug-likeness (QED) is 0.704. The van der Waals surface area contributed by atoms with Crippen LogP contribution in [0.5, 0.6) is 0 Å². The molecule has 2 aliphatic carbocycles. The van der Waals surface area contributed by atoms with Gasteiger partial charge in [-0.05, 0) is 31.1 Å². The number of nitrogens with zero attached hydrogens (tertiary/aromatic N) is 5. The Labute approximate surface area is 150 Å². The number of fused-ring (bicyclic) bond motifs is 6. The number of aliphatic hydroxyl groups excluding tert-OH is 1. The van der Waals surface area contributed by atoms with Gasteiger partial charge in [0, 0.05) is 13.1 Å². The van der Waals surface area contributed by atoms with E-state index in [9.17, 15) is 19.5 Å². The fraction of sp³-hybridized carbons (Fsp3) is 0.706. The molecule has 4 atom stereocenters. The van der Waals surface area contributed by atoms with Crippen molar-refractivity contribution in [3.63, 3.8) is 0 Å². The lowest BCUT2D eigenvalue weighted by atomic mass is 9.81. The van der Waals surface area contributed by atoms with E-state index >= 15 is 0 Å². The monoisotopic (exact) mass is 359 g/mol. The molecule has 3 heterocycles. The van der Waals surface area contributed by atoms with Gasteiger partial charge < -0.3 is 14.6 Å². The van der Waals surface area contributed by atoms with Crippen LogP contribution >= 0.6 is 0 Å². The van der Waals surface area contributed by atoms with Crippen LogP contribution in [0.3, 0.4) is 0 Å². The summed E-state index contributed by atoms with van der Waals surface area (Å²) in [5.74, 6) is 0.837. The first-order chi connectivity index (χ1) is 12.6. The normalized spacial score (nSPS) is 32.3. The van der Waals surface area contributed by atoms with Gasteiger partial charge in [0.1, 0.15) is 13.2 Å². The third-order valence-electron chi connectivity index (χ3n) is 6.64. The van der Waals surface area contributed by atoms with Crippen molar-refractivity contribution in [1.29, 1.82) is 0 Å². The summed E-state index contributed by atoms with van der Waals surface area (Å²) in [5, 5.41) is 17.2. The Balaban J connectivity index is 1.29. The highest BCUT2D eigenvalue weighted by molar-refractivity contribution is 6.08. The Morgan fingerprint density at radius 3 is 2.42 bits per heavy atom. The third kappa shape index (κ3) is 2.09. The van der Waals surface area contributed by atoms with Gasteiger partial charge in [-0.2, -0.15) is 0 Å². The molecular formula is C17H21N5O4. The van der Waals surface area contributed by atoms with Gasteiger partial charge in [0.2, 0.25) is 17.7 Å². The van der Waals surface area contributed by atoms with Crippen molar-refractivity contribution in [3.8, 4) is 0 Å². The lowest BCUT2D eigenvalue weighted by molar-refractivity contribution is -0.147. The van der Waals surface area contributed by atoms with Gasteiger partial charge in [-0.25, -0.2) is 0 Å². The molecular weight excluding hydrogens is 338 g/mol. The van der Waals surface area contributed by atoms with Crippen LogP contribution in [0, 0.1) is 23.7 Å². The topological polar surface area (TPSA) is 109 Å². The maximum atomic E-state index is 12.7. The average molecular weight is 359 g/mol. The summed E-state index contributed by atoms with van der Waals surface area (Å²) in [4.78, 5) is 41.0. The number of amides is 3. The maximum absolute atomic E-state index is 12.7. The van der Waals surface area contributed by atoms with E-state index in [4.69, 9.17) is 0 Å². The Morgan fingerprint density at radius 2 is 1.77 bits per heavy atom. The molecule has 2 bridgehead atoms. The second-order valence-corrected chi connectivity index (χ2v) is 7.80. The highest BCUT2D eigenvalue weighted by Gasteiger charge is 2.61. The molecule has 1 aromatic rings. The van der Waals surface area contributed by atoms with E-state index in [0.717, 1.165) is 19.3 Å². The van der Waals surface area contributed by atoms with Crippen molar-refractivity contribution < 1.29 is 19.5 Å². The highest BCUT2D eigenvalue weighted by Crippen LogP contribution is 2.56. The van der Waals surface area contributed by atoms with Gasteiger partial charge in [-0.3, -0.25) is 19.3 Å². The molecule has 3 amide bonds. The first-order valence-electron chi connectivity index (χ1n) is 9.23. The zero-order valence-corrected chi connectivity index (χ0v) is 14.4. The molecule has 0 spiro atoms. The summed E-state index contributed by atoms with van der Waals surface area (Å²) in [6, 6.07) is 0. The maximum Gasteiger partial charge on any atom is 0.243 e. The molecule has 0 unspecified atom stereocenters. The molecule has 5 rings (SSSR count). The van der Waals surface area contributed by atoms with Crippen molar-refractivity contribution in [1.82, 2.24) is 24.6 Å². The number of hydrogen-bond acceptors (Lipinski definition) is 6. The molecule has 1 saturated heterocycles. The van der Waals surface area contributed by atoms with Crippen LogP contribution in [-0.2, 0) is 34.1 Å². The van der Waals surface area contributed by atoms with Crippen LogP contribution in [0.4, 0.5) is 0 Å². The van der Waals surface area contributed by atoms with Crippen molar-refractivity contribution >= 4 is 17.7 Å². The van der Waals surface area contributed by atoms with Crippen molar-refractivity contribution in [2.45, 2.75) is 39.0 Å². The number of hydrogen-bond donors (Lipinski definition) is 1. The number of imide groups is 1. The highest BCUT2D eigenvalue weighted by atomic mass is 16.3. The van der Waals surface area contributed by atoms with Gasteiger partial charge in [0.25, 0.3) is 0 Å². The molecule has 4 aliphatic rings. The summed E-state index contributed by atoms with van der Waals surface area (Å²) >= 11 is 0. The van der Waals surface area contributed by atoms with E-state index in [2.05, 4.69) is 10.2 Å². The molecule has 9 heteroatoms. The summed E-state index contributed by atoms with van der Waals surface area (Å²) in [6.07, 6.45) is 3.05. The fourth-order valence-electron chi connectivity index (χ4n) is 5.41. The first-order valence-corrected chi connectivity index (χ1v) is 9.23. The lowest BCUT2D eigenvalue weighted by Crippen LogP contribution is -2.46. The van der Waals surface area contributed by atoms with Gasteiger partial charge in [0.05, 0.1) is 18.4 Å². The molecule has 2 saturated carbocycles. The van der Waals surface area contributed by atoms with Gasteiger partial charge in [0.15, 0.2) is 11.6 Å². The molecule has 138 valence electrons. The van der Waals surface area contributed by atoms with Crippen molar-refractivity contribution in [2.75, 3.05) is 13.1 Å². The molecule has 1 N–H and O–H groups in total. The van der Waals surface area contributed by atoms with E-state index in [1.165, 1.54) is 4.90 Å². The van der Waals surface area contributed by atoms with Crippen molar-refractivity contribution in [3.05, 3.63) is 11.6 Å². The largest absolute Gasteiger partial charge is 0.388 e. The Morgan fingerprint density at radius 1 is 1.08 bits per heavy atom. The zero-order valence-electron chi connectivity index (χ0n) is 14.4. The minimum absolute atomic E-state index is 0.150. The number of aliphatic hydroxyl groups is 1. The van der Waals surface area contributed by atoms with E-state index in [-0.39, 0.29) is 49.3 Å². The predicted molar refractivity (Wildman–Crippen MR) is 85.9 cm³/mol. The molecule has 3 fully saturated rings. The Bertz CT molecular complexity index is 777. The predicted octanol–water partition coefficient (Wildman–Crippen LogP) is -0.856. The lowest BCUT2D eigenvalue weighted by Gasteiger charge is -2.29. The van der Waals surface area contributed by atoms with Crippen LogP contribution in [0.1, 0.15) is 30.9 Å². The molecule has 26 heavy (non-hydrogen) atoms. The number of aromatic nitrogens is 3. The van der Waals surface area contributed by atoms with Crippen LogP contribution in [0.2, 0.25) is 0 Å². The average Bonchev–Trinajstić information content (AvgIpc) is 3.40. The van der Waals surface area contributed by atoms with E-state index < -0.39 is 0 Å². The molecule has 0 radical (unpaired) electrons. The molecule has 0 aromatic carbocycles. The van der Waals surface area contributed by atoms with Gasteiger partial charge in [-0.1, -0.05) is 0 Å². The van der Waals surface area contributed by atoms with E-state index in [1.807, 2.05) is 0 Å². The third-order valence-corrected chi connectivity index (χ3v) is 6.64. The van der Waals surface area contributed by atoms with Crippen LogP contribution in [0.15, 0.2) is 0 Å².